The number of hydrogen-bond donors (Lipinski definition) is 2. The predicted octanol–water partition coefficient (Wildman–Crippen LogP) is -0.194. The standard InChI is InChI=1S/C10H21N3O/c1-11-10(14)8-12-7-9-5-3-4-6-13(9)2/h9,12H,3-8H2,1-2H3,(H,11,14). The number of likely N-dealkylation sites (N-methyl/N-ethyl adjacent to an activating group) is 2. The fourth-order valence-corrected chi connectivity index (χ4v) is 1.84. The zero-order chi connectivity index (χ0) is 10.4. The van der Waals surface area contributed by atoms with Gasteiger partial charge in [0, 0.05) is 19.6 Å². The Balaban J connectivity index is 2.13. The summed E-state index contributed by atoms with van der Waals surface area (Å²) in [6.45, 7) is 2.54. The van der Waals surface area contributed by atoms with Gasteiger partial charge in [-0.1, -0.05) is 6.42 Å². The number of nitrogens with zero attached hydrogens (tertiary/aromatic N) is 1. The molecule has 1 rings (SSSR count). The third kappa shape index (κ3) is 3.64. The topological polar surface area (TPSA) is 44.4 Å². The second-order valence-corrected chi connectivity index (χ2v) is 3.93. The Hall–Kier alpha value is -0.610. The molecule has 1 aliphatic heterocycles. The van der Waals surface area contributed by atoms with Gasteiger partial charge in [0.2, 0.25) is 5.91 Å². The molecule has 82 valence electrons. The highest BCUT2D eigenvalue weighted by molar-refractivity contribution is 5.77. The molecular weight excluding hydrogens is 178 g/mol. The quantitative estimate of drug-likeness (QED) is 0.659. The largest absolute Gasteiger partial charge is 0.358 e. The van der Waals surface area contributed by atoms with Crippen molar-refractivity contribution >= 4 is 5.91 Å². The maximum Gasteiger partial charge on any atom is 0.233 e. The minimum Gasteiger partial charge on any atom is -0.358 e. The fourth-order valence-electron chi connectivity index (χ4n) is 1.84. The van der Waals surface area contributed by atoms with E-state index in [4.69, 9.17) is 0 Å². The lowest BCUT2D eigenvalue weighted by Crippen LogP contribution is -2.45. The zero-order valence-electron chi connectivity index (χ0n) is 9.18. The van der Waals surface area contributed by atoms with Gasteiger partial charge >= 0.3 is 0 Å². The summed E-state index contributed by atoms with van der Waals surface area (Å²) in [5.74, 6) is 0.0588. The highest BCUT2D eigenvalue weighted by Crippen LogP contribution is 2.13. The summed E-state index contributed by atoms with van der Waals surface area (Å²) in [4.78, 5) is 13.3. The molecule has 0 aromatic heterocycles. The molecule has 4 heteroatoms. The Kier molecular flexibility index (Phi) is 4.90. The van der Waals surface area contributed by atoms with Crippen LogP contribution in [0.1, 0.15) is 19.3 Å². The van der Waals surface area contributed by atoms with Gasteiger partial charge in [-0.3, -0.25) is 4.79 Å². The van der Waals surface area contributed by atoms with E-state index in [1.807, 2.05) is 0 Å². The maximum atomic E-state index is 10.9. The van der Waals surface area contributed by atoms with Crippen molar-refractivity contribution in [3.63, 3.8) is 0 Å². The van der Waals surface area contributed by atoms with Gasteiger partial charge in [0.1, 0.15) is 0 Å². The summed E-state index contributed by atoms with van der Waals surface area (Å²) in [6, 6.07) is 0.605. The average Bonchev–Trinajstić information content (AvgIpc) is 2.20. The molecule has 0 spiro atoms. The Labute approximate surface area is 86.0 Å². The smallest absolute Gasteiger partial charge is 0.233 e. The third-order valence-corrected chi connectivity index (χ3v) is 2.87. The van der Waals surface area contributed by atoms with Crippen LogP contribution >= 0.6 is 0 Å². The highest BCUT2D eigenvalue weighted by atomic mass is 16.1. The summed E-state index contributed by atoms with van der Waals surface area (Å²) in [5, 5.41) is 5.78. The van der Waals surface area contributed by atoms with Gasteiger partial charge in [0.15, 0.2) is 0 Å². The average molecular weight is 199 g/mol. The van der Waals surface area contributed by atoms with E-state index in [1.165, 1.54) is 25.8 Å². The number of piperidine rings is 1. The minimum absolute atomic E-state index is 0.0588. The molecule has 0 aliphatic carbocycles. The van der Waals surface area contributed by atoms with Crippen molar-refractivity contribution in [2.24, 2.45) is 0 Å². The Morgan fingerprint density at radius 3 is 2.93 bits per heavy atom. The second kappa shape index (κ2) is 5.98. The van der Waals surface area contributed by atoms with E-state index in [0.29, 0.717) is 12.6 Å². The van der Waals surface area contributed by atoms with Crippen LogP contribution in [0.3, 0.4) is 0 Å². The van der Waals surface area contributed by atoms with E-state index < -0.39 is 0 Å². The molecule has 0 saturated carbocycles. The molecular formula is C10H21N3O. The molecule has 1 fully saturated rings. The normalized spacial score (nSPS) is 23.4. The highest BCUT2D eigenvalue weighted by Gasteiger charge is 2.18. The summed E-state index contributed by atoms with van der Waals surface area (Å²) in [5.41, 5.74) is 0. The number of likely N-dealkylation sites (tertiary alicyclic amines) is 1. The second-order valence-electron chi connectivity index (χ2n) is 3.93. The predicted molar refractivity (Wildman–Crippen MR) is 57.2 cm³/mol. The molecule has 0 aromatic carbocycles. The summed E-state index contributed by atoms with van der Waals surface area (Å²) < 4.78 is 0. The number of carbonyl (C=O) groups excluding carboxylic acids is 1. The summed E-state index contributed by atoms with van der Waals surface area (Å²) in [7, 11) is 3.82. The van der Waals surface area contributed by atoms with Gasteiger partial charge in [0.25, 0.3) is 0 Å². The molecule has 2 N–H and O–H groups in total. The van der Waals surface area contributed by atoms with E-state index >= 15 is 0 Å². The van der Waals surface area contributed by atoms with Crippen LogP contribution in [-0.4, -0.2) is 50.6 Å². The first-order chi connectivity index (χ1) is 6.74. The number of nitrogens with one attached hydrogen (secondary N) is 2. The molecule has 1 saturated heterocycles. The monoisotopic (exact) mass is 199 g/mol. The van der Waals surface area contributed by atoms with E-state index in [2.05, 4.69) is 22.6 Å². The summed E-state index contributed by atoms with van der Waals surface area (Å²) in [6.07, 6.45) is 3.87. The number of rotatable bonds is 4. The minimum atomic E-state index is 0.0588. The Bertz CT molecular complexity index is 184. The molecule has 4 nitrogen and oxygen atoms in total. The van der Waals surface area contributed by atoms with Crippen molar-refractivity contribution in [3.8, 4) is 0 Å². The first kappa shape index (κ1) is 11.5. The van der Waals surface area contributed by atoms with Crippen LogP contribution in [0.25, 0.3) is 0 Å². The van der Waals surface area contributed by atoms with Crippen LogP contribution in [0.5, 0.6) is 0 Å². The van der Waals surface area contributed by atoms with Crippen LogP contribution in [0.2, 0.25) is 0 Å². The van der Waals surface area contributed by atoms with Crippen LogP contribution in [0, 0.1) is 0 Å². The maximum absolute atomic E-state index is 10.9. The van der Waals surface area contributed by atoms with Gasteiger partial charge in [-0.2, -0.15) is 0 Å². The number of carbonyl (C=O) groups is 1. The molecule has 0 radical (unpaired) electrons. The van der Waals surface area contributed by atoms with Crippen molar-refractivity contribution < 1.29 is 4.79 Å². The molecule has 1 unspecified atom stereocenters. The SMILES string of the molecule is CNC(=O)CNCC1CCCCN1C. The molecule has 1 heterocycles. The van der Waals surface area contributed by atoms with Gasteiger partial charge in [0.05, 0.1) is 6.54 Å². The lowest BCUT2D eigenvalue weighted by Gasteiger charge is -2.32. The van der Waals surface area contributed by atoms with Gasteiger partial charge < -0.3 is 15.5 Å². The van der Waals surface area contributed by atoms with Crippen molar-refractivity contribution in [1.29, 1.82) is 0 Å². The van der Waals surface area contributed by atoms with Crippen molar-refractivity contribution in [2.45, 2.75) is 25.3 Å². The number of hydrogen-bond acceptors (Lipinski definition) is 3. The van der Waals surface area contributed by atoms with Crippen molar-refractivity contribution in [3.05, 3.63) is 0 Å². The van der Waals surface area contributed by atoms with E-state index in [1.54, 1.807) is 7.05 Å². The zero-order valence-corrected chi connectivity index (χ0v) is 9.18. The third-order valence-electron chi connectivity index (χ3n) is 2.87. The lowest BCUT2D eigenvalue weighted by molar-refractivity contribution is -0.119. The molecule has 0 bridgehead atoms. The van der Waals surface area contributed by atoms with Gasteiger partial charge in [-0.15, -0.1) is 0 Å². The van der Waals surface area contributed by atoms with Crippen molar-refractivity contribution in [1.82, 2.24) is 15.5 Å². The summed E-state index contributed by atoms with van der Waals surface area (Å²) >= 11 is 0. The molecule has 1 atom stereocenters. The molecule has 1 aliphatic rings. The first-order valence-corrected chi connectivity index (χ1v) is 5.35. The fraction of sp³-hybridized carbons (Fsp3) is 0.900. The number of amides is 1. The van der Waals surface area contributed by atoms with Gasteiger partial charge in [-0.25, -0.2) is 0 Å². The molecule has 1 amide bonds. The van der Waals surface area contributed by atoms with Crippen LogP contribution < -0.4 is 10.6 Å². The Morgan fingerprint density at radius 2 is 2.29 bits per heavy atom. The first-order valence-electron chi connectivity index (χ1n) is 5.35. The Morgan fingerprint density at radius 1 is 1.50 bits per heavy atom. The lowest BCUT2D eigenvalue weighted by atomic mass is 10.0. The van der Waals surface area contributed by atoms with Gasteiger partial charge in [-0.05, 0) is 26.4 Å². The van der Waals surface area contributed by atoms with Crippen LogP contribution in [-0.2, 0) is 4.79 Å². The van der Waals surface area contributed by atoms with E-state index in [9.17, 15) is 4.79 Å². The molecule has 14 heavy (non-hydrogen) atoms. The van der Waals surface area contributed by atoms with E-state index in [-0.39, 0.29) is 5.91 Å². The van der Waals surface area contributed by atoms with E-state index in [0.717, 1.165) is 6.54 Å². The molecule has 0 aromatic rings. The van der Waals surface area contributed by atoms with Crippen LogP contribution in [0.4, 0.5) is 0 Å². The van der Waals surface area contributed by atoms with Crippen molar-refractivity contribution in [2.75, 3.05) is 33.7 Å². The van der Waals surface area contributed by atoms with Crippen LogP contribution in [0.15, 0.2) is 0 Å².